The average Bonchev–Trinajstić information content (AvgIpc) is 3.37. The van der Waals surface area contributed by atoms with Crippen LogP contribution in [0.2, 0.25) is 0 Å². The number of hydrogen-bond donors (Lipinski definition) is 3. The zero-order chi connectivity index (χ0) is 34.8. The van der Waals surface area contributed by atoms with Crippen molar-refractivity contribution >= 4 is 23.9 Å². The summed E-state index contributed by atoms with van der Waals surface area (Å²) in [5, 5.41) is 29.1. The van der Waals surface area contributed by atoms with Crippen molar-refractivity contribution in [1.82, 2.24) is 35.7 Å². The number of tetrazole rings is 1. The van der Waals surface area contributed by atoms with E-state index in [0.29, 0.717) is 18.7 Å². The van der Waals surface area contributed by atoms with Gasteiger partial charge in [0.25, 0.3) is 0 Å². The molecule has 258 valence electrons. The molecule has 1 aliphatic carbocycles. The molecule has 1 aromatic heterocycles. The molecular weight excluding hydrogens is 626 g/mol. The van der Waals surface area contributed by atoms with E-state index in [1.54, 1.807) is 20.8 Å². The van der Waals surface area contributed by atoms with Crippen LogP contribution in [0, 0.1) is 5.92 Å². The first-order valence-corrected chi connectivity index (χ1v) is 16.9. The monoisotopic (exact) mass is 669 g/mol. The molecule has 2 aliphatic heterocycles. The van der Waals surface area contributed by atoms with Gasteiger partial charge in [0.1, 0.15) is 23.2 Å². The lowest BCUT2D eigenvalue weighted by Crippen LogP contribution is -2.56. The van der Waals surface area contributed by atoms with E-state index in [1.165, 1.54) is 9.70 Å². The third kappa shape index (κ3) is 7.50. The Morgan fingerprint density at radius 3 is 2.49 bits per heavy atom. The number of carboxylic acids is 1. The number of hydrogen-bond acceptors (Lipinski definition) is 8. The zero-order valence-corrected chi connectivity index (χ0v) is 28.0. The third-order valence-corrected chi connectivity index (χ3v) is 9.34. The first-order chi connectivity index (χ1) is 23.4. The molecule has 5 atom stereocenters. The van der Waals surface area contributed by atoms with Crippen LogP contribution in [0.25, 0.3) is 22.5 Å². The third-order valence-electron chi connectivity index (χ3n) is 9.34. The Morgan fingerprint density at radius 2 is 1.76 bits per heavy atom. The highest BCUT2D eigenvalue weighted by Gasteiger charge is 2.61. The molecule has 3 aromatic rings. The van der Waals surface area contributed by atoms with Crippen molar-refractivity contribution in [2.24, 2.45) is 5.92 Å². The number of ether oxygens (including phenoxy) is 1. The predicted molar refractivity (Wildman–Crippen MR) is 180 cm³/mol. The molecule has 0 radical (unpaired) electrons. The van der Waals surface area contributed by atoms with E-state index in [-0.39, 0.29) is 25.3 Å². The Hall–Kier alpha value is -5.07. The molecular formula is C36H43N7O6. The van der Waals surface area contributed by atoms with Crippen LogP contribution in [0.3, 0.4) is 0 Å². The number of aromatic nitrogens is 4. The summed E-state index contributed by atoms with van der Waals surface area (Å²) in [6, 6.07) is 15.1. The van der Waals surface area contributed by atoms with Gasteiger partial charge >= 0.3 is 12.1 Å². The summed E-state index contributed by atoms with van der Waals surface area (Å²) in [7, 11) is 0. The fraction of sp³-hybridized carbons (Fsp3) is 0.472. The standard InChI is InChI=1S/C36H43N7O6/c1-35(2,3)49-34(48)37-28-19-11-6-4-5-10-16-24-21-36(24,33(46)47)38-31(44)29-20-25(22-42(29)32(28)45)43-40-30(39-41-43)27-18-13-12-17-26(27)23-14-8-7-9-15-23/h7-10,12-18,24-25,28-29H,4-6,11,19-22H2,1-3H3,(H,37,48)(H,38,44)(H,46,47)/b16-10-/t24-,25+,28-,29-,36+/m0/s1. The zero-order valence-electron chi connectivity index (χ0n) is 28.0. The van der Waals surface area contributed by atoms with Gasteiger partial charge in [0.05, 0.1) is 6.04 Å². The Bertz CT molecular complexity index is 1730. The lowest BCUT2D eigenvalue weighted by molar-refractivity contribution is -0.145. The number of fused-ring (bicyclic) bond motifs is 2. The lowest BCUT2D eigenvalue weighted by Gasteiger charge is -2.30. The number of allylic oxidation sites excluding steroid dienone is 1. The summed E-state index contributed by atoms with van der Waals surface area (Å²) in [5.41, 5.74) is 0.489. The molecule has 3 amide bonds. The van der Waals surface area contributed by atoms with Crippen LogP contribution in [-0.2, 0) is 19.1 Å². The number of benzene rings is 2. The quantitative estimate of drug-likeness (QED) is 0.331. The summed E-state index contributed by atoms with van der Waals surface area (Å²) in [5.74, 6) is -2.09. The van der Waals surface area contributed by atoms with Crippen molar-refractivity contribution in [2.45, 2.75) is 95.0 Å². The number of nitrogens with zero attached hydrogens (tertiary/aromatic N) is 5. The normalized spacial score (nSPS) is 26.7. The molecule has 49 heavy (non-hydrogen) atoms. The van der Waals surface area contributed by atoms with Crippen LogP contribution < -0.4 is 10.6 Å². The fourth-order valence-electron chi connectivity index (χ4n) is 6.73. The van der Waals surface area contributed by atoms with Gasteiger partial charge in [-0.3, -0.25) is 9.59 Å². The van der Waals surface area contributed by atoms with Crippen molar-refractivity contribution in [3.05, 3.63) is 66.7 Å². The number of aliphatic carboxylic acids is 1. The Kier molecular flexibility index (Phi) is 9.53. The van der Waals surface area contributed by atoms with E-state index in [4.69, 9.17) is 9.84 Å². The number of carbonyl (C=O) groups excluding carboxylic acids is 3. The van der Waals surface area contributed by atoms with Gasteiger partial charge in [0.2, 0.25) is 17.6 Å². The molecule has 6 rings (SSSR count). The summed E-state index contributed by atoms with van der Waals surface area (Å²) < 4.78 is 5.48. The van der Waals surface area contributed by atoms with E-state index in [2.05, 4.69) is 20.9 Å². The molecule has 3 N–H and O–H groups in total. The number of alkyl carbamates (subject to hydrolysis) is 1. The van der Waals surface area contributed by atoms with Gasteiger partial charge in [-0.15, -0.1) is 10.2 Å². The molecule has 3 aliphatic rings. The number of carbonyl (C=O) groups is 4. The summed E-state index contributed by atoms with van der Waals surface area (Å²) in [4.78, 5) is 56.4. The minimum absolute atomic E-state index is 0.0585. The van der Waals surface area contributed by atoms with Crippen LogP contribution in [0.5, 0.6) is 0 Å². The minimum atomic E-state index is -1.44. The Labute approximate surface area is 285 Å². The lowest BCUT2D eigenvalue weighted by atomic mass is 9.99. The molecule has 2 aromatic carbocycles. The maximum absolute atomic E-state index is 14.3. The highest BCUT2D eigenvalue weighted by molar-refractivity contribution is 5.96. The molecule has 2 fully saturated rings. The van der Waals surface area contributed by atoms with Crippen LogP contribution in [-0.4, -0.2) is 83.9 Å². The minimum Gasteiger partial charge on any atom is -0.479 e. The molecule has 13 nitrogen and oxygen atoms in total. The van der Waals surface area contributed by atoms with Crippen LogP contribution in [0.15, 0.2) is 66.7 Å². The maximum Gasteiger partial charge on any atom is 0.408 e. The highest BCUT2D eigenvalue weighted by atomic mass is 16.6. The van der Waals surface area contributed by atoms with Gasteiger partial charge in [-0.25, -0.2) is 9.59 Å². The molecule has 1 saturated carbocycles. The first kappa shape index (κ1) is 33.8. The molecule has 0 bridgehead atoms. The van der Waals surface area contributed by atoms with Crippen LogP contribution >= 0.6 is 0 Å². The largest absolute Gasteiger partial charge is 0.479 e. The SMILES string of the molecule is CC(C)(C)OC(=O)N[C@H]1CCCCC/C=C\[C@H]2C[C@@]2(C(=O)O)NC(=O)[C@@H]2C[C@@H](n3nnc(-c4ccccc4-c4ccccc4)n3)CN2C1=O. The van der Waals surface area contributed by atoms with Gasteiger partial charge in [-0.1, -0.05) is 79.6 Å². The number of nitrogens with one attached hydrogen (secondary N) is 2. The van der Waals surface area contributed by atoms with Gasteiger partial charge in [0, 0.05) is 24.4 Å². The van der Waals surface area contributed by atoms with Gasteiger partial charge < -0.3 is 25.4 Å². The average molecular weight is 670 g/mol. The van der Waals surface area contributed by atoms with Crippen molar-refractivity contribution in [3.63, 3.8) is 0 Å². The van der Waals surface area contributed by atoms with Gasteiger partial charge in [-0.2, -0.15) is 4.80 Å². The van der Waals surface area contributed by atoms with Crippen LogP contribution in [0.4, 0.5) is 4.79 Å². The Balaban J connectivity index is 1.31. The highest BCUT2D eigenvalue weighted by Crippen LogP contribution is 2.45. The first-order valence-electron chi connectivity index (χ1n) is 16.9. The summed E-state index contributed by atoms with van der Waals surface area (Å²) >= 11 is 0. The number of amides is 3. The van der Waals surface area contributed by atoms with Gasteiger partial charge in [0.15, 0.2) is 0 Å². The molecule has 3 heterocycles. The van der Waals surface area contributed by atoms with Crippen molar-refractivity contribution in [1.29, 1.82) is 0 Å². The molecule has 0 unspecified atom stereocenters. The molecule has 0 spiro atoms. The second kappa shape index (κ2) is 13.8. The fourth-order valence-corrected chi connectivity index (χ4v) is 6.73. The summed E-state index contributed by atoms with van der Waals surface area (Å²) in [6.45, 7) is 5.28. The second-order valence-electron chi connectivity index (χ2n) is 14.1. The van der Waals surface area contributed by atoms with Crippen molar-refractivity contribution in [2.75, 3.05) is 6.54 Å². The number of rotatable bonds is 5. The van der Waals surface area contributed by atoms with Crippen molar-refractivity contribution < 1.29 is 29.0 Å². The smallest absolute Gasteiger partial charge is 0.408 e. The van der Waals surface area contributed by atoms with Crippen LogP contribution in [0.1, 0.15) is 71.8 Å². The predicted octanol–water partition coefficient (Wildman–Crippen LogP) is 4.52. The molecule has 1 saturated heterocycles. The van der Waals surface area contributed by atoms with E-state index in [1.807, 2.05) is 66.7 Å². The molecule has 13 heteroatoms. The van der Waals surface area contributed by atoms with Gasteiger partial charge in [-0.05, 0) is 62.8 Å². The van der Waals surface area contributed by atoms with Crippen molar-refractivity contribution in [3.8, 4) is 22.5 Å². The maximum atomic E-state index is 14.3. The van der Waals surface area contributed by atoms with E-state index in [9.17, 15) is 24.3 Å². The summed E-state index contributed by atoms with van der Waals surface area (Å²) in [6.07, 6.45) is 6.90. The van der Waals surface area contributed by atoms with E-state index in [0.717, 1.165) is 36.0 Å². The van der Waals surface area contributed by atoms with E-state index >= 15 is 0 Å². The number of carboxylic acid groups (broad SMARTS) is 1. The Morgan fingerprint density at radius 1 is 1.02 bits per heavy atom. The topological polar surface area (TPSA) is 169 Å². The van der Waals surface area contributed by atoms with E-state index < -0.39 is 53.1 Å². The second-order valence-corrected chi connectivity index (χ2v) is 14.1.